The highest BCUT2D eigenvalue weighted by Gasteiger charge is 2.13. The van der Waals surface area contributed by atoms with Gasteiger partial charge in [0.2, 0.25) is 0 Å². The molecule has 104 valence electrons. The van der Waals surface area contributed by atoms with Crippen LogP contribution in [0, 0.1) is 6.92 Å². The molecule has 3 rings (SSSR count). The van der Waals surface area contributed by atoms with E-state index in [1.54, 1.807) is 6.07 Å². The van der Waals surface area contributed by atoms with E-state index in [2.05, 4.69) is 29.2 Å². The summed E-state index contributed by atoms with van der Waals surface area (Å²) in [5, 5.41) is 1.02. The molecule has 0 spiro atoms. The molecule has 0 saturated carbocycles. The fraction of sp³-hybridized carbons (Fsp3) is 0.111. The average molecular weight is 277 g/mol. The van der Waals surface area contributed by atoms with Gasteiger partial charge in [0, 0.05) is 5.39 Å². The zero-order valence-corrected chi connectivity index (χ0v) is 12.0. The summed E-state index contributed by atoms with van der Waals surface area (Å²) in [6.45, 7) is 2.05. The number of nitrogens with zero attached hydrogens (tertiary/aromatic N) is 1. The molecule has 0 saturated heterocycles. The molecule has 3 nitrogen and oxygen atoms in total. The van der Waals surface area contributed by atoms with Crippen LogP contribution in [0.2, 0.25) is 0 Å². The van der Waals surface area contributed by atoms with Gasteiger partial charge in [-0.2, -0.15) is 0 Å². The van der Waals surface area contributed by atoms with Crippen LogP contribution in [0.25, 0.3) is 22.0 Å². The summed E-state index contributed by atoms with van der Waals surface area (Å²) >= 11 is 0. The number of carbonyl (C=O) groups excluding carboxylic acids is 1. The predicted octanol–water partition coefficient (Wildman–Crippen LogP) is 4.00. The van der Waals surface area contributed by atoms with Crippen LogP contribution in [-0.4, -0.2) is 18.1 Å². The Morgan fingerprint density at radius 1 is 1.05 bits per heavy atom. The minimum absolute atomic E-state index is 0.326. The third-order valence-electron chi connectivity index (χ3n) is 3.47. The number of para-hydroxylation sites is 1. The van der Waals surface area contributed by atoms with Crippen LogP contribution >= 0.6 is 0 Å². The van der Waals surface area contributed by atoms with Crippen LogP contribution in [-0.2, 0) is 4.74 Å². The molecule has 0 unspecified atom stereocenters. The SMILES string of the molecule is COC(=O)c1cc(-c2ccc(C)cc2)c2ccccc2n1. The number of carbonyl (C=O) groups is 1. The number of methoxy groups -OCH3 is 1. The van der Waals surface area contributed by atoms with Gasteiger partial charge in [0.25, 0.3) is 0 Å². The Kier molecular flexibility index (Phi) is 3.40. The molecule has 1 aromatic heterocycles. The monoisotopic (exact) mass is 277 g/mol. The summed E-state index contributed by atoms with van der Waals surface area (Å²) in [5.74, 6) is -0.422. The summed E-state index contributed by atoms with van der Waals surface area (Å²) < 4.78 is 4.79. The Morgan fingerprint density at radius 2 is 1.76 bits per heavy atom. The number of fused-ring (bicyclic) bond motifs is 1. The fourth-order valence-corrected chi connectivity index (χ4v) is 2.36. The molecule has 0 aliphatic carbocycles. The lowest BCUT2D eigenvalue weighted by Crippen LogP contribution is -2.05. The Bertz CT molecular complexity index is 807. The molecule has 3 heteroatoms. The Balaban J connectivity index is 2.28. The first-order valence-electron chi connectivity index (χ1n) is 6.74. The quantitative estimate of drug-likeness (QED) is 0.665. The smallest absolute Gasteiger partial charge is 0.356 e. The first-order chi connectivity index (χ1) is 10.2. The van der Waals surface area contributed by atoms with Crippen LogP contribution in [0.3, 0.4) is 0 Å². The number of aryl methyl sites for hydroxylation is 1. The lowest BCUT2D eigenvalue weighted by atomic mass is 9.99. The largest absolute Gasteiger partial charge is 0.464 e. The van der Waals surface area contributed by atoms with Gasteiger partial charge in [-0.05, 0) is 30.2 Å². The molecule has 0 fully saturated rings. The molecule has 21 heavy (non-hydrogen) atoms. The summed E-state index contributed by atoms with van der Waals surface area (Å²) in [6.07, 6.45) is 0. The van der Waals surface area contributed by atoms with Crippen molar-refractivity contribution in [1.82, 2.24) is 4.98 Å². The normalized spacial score (nSPS) is 10.6. The van der Waals surface area contributed by atoms with Gasteiger partial charge in [0.15, 0.2) is 0 Å². The zero-order valence-electron chi connectivity index (χ0n) is 12.0. The van der Waals surface area contributed by atoms with Crippen LogP contribution < -0.4 is 0 Å². The molecular weight excluding hydrogens is 262 g/mol. The van der Waals surface area contributed by atoms with Crippen molar-refractivity contribution in [2.75, 3.05) is 7.11 Å². The Morgan fingerprint density at radius 3 is 2.48 bits per heavy atom. The molecule has 0 aliphatic heterocycles. The lowest BCUT2D eigenvalue weighted by molar-refractivity contribution is 0.0594. The second-order valence-electron chi connectivity index (χ2n) is 4.93. The van der Waals surface area contributed by atoms with Crippen molar-refractivity contribution < 1.29 is 9.53 Å². The summed E-state index contributed by atoms with van der Waals surface area (Å²) in [7, 11) is 1.37. The third kappa shape index (κ3) is 2.50. The summed E-state index contributed by atoms with van der Waals surface area (Å²) in [6, 6.07) is 17.8. The molecule has 0 amide bonds. The van der Waals surface area contributed by atoms with E-state index in [1.165, 1.54) is 12.7 Å². The summed E-state index contributed by atoms with van der Waals surface area (Å²) in [4.78, 5) is 16.2. The van der Waals surface area contributed by atoms with Crippen molar-refractivity contribution in [1.29, 1.82) is 0 Å². The standard InChI is InChI=1S/C18H15NO2/c1-12-7-9-13(10-8-12)15-11-17(18(20)21-2)19-16-6-4-3-5-14(15)16/h3-11H,1-2H3. The lowest BCUT2D eigenvalue weighted by Gasteiger charge is -2.09. The van der Waals surface area contributed by atoms with Gasteiger partial charge in [-0.1, -0.05) is 48.0 Å². The number of rotatable bonds is 2. The van der Waals surface area contributed by atoms with Gasteiger partial charge in [0.05, 0.1) is 12.6 Å². The minimum atomic E-state index is -0.422. The van der Waals surface area contributed by atoms with Crippen LogP contribution in [0.4, 0.5) is 0 Å². The first kappa shape index (κ1) is 13.3. The van der Waals surface area contributed by atoms with Gasteiger partial charge >= 0.3 is 5.97 Å². The molecule has 0 atom stereocenters. The van der Waals surface area contributed by atoms with E-state index in [9.17, 15) is 4.79 Å². The van der Waals surface area contributed by atoms with Crippen molar-refractivity contribution in [2.24, 2.45) is 0 Å². The second-order valence-corrected chi connectivity index (χ2v) is 4.93. The molecule has 1 heterocycles. The van der Waals surface area contributed by atoms with Gasteiger partial charge < -0.3 is 4.74 Å². The van der Waals surface area contributed by atoms with Crippen molar-refractivity contribution in [3.8, 4) is 11.1 Å². The van der Waals surface area contributed by atoms with E-state index < -0.39 is 5.97 Å². The van der Waals surface area contributed by atoms with E-state index >= 15 is 0 Å². The van der Waals surface area contributed by atoms with Gasteiger partial charge in [0.1, 0.15) is 5.69 Å². The first-order valence-corrected chi connectivity index (χ1v) is 6.74. The molecule has 0 bridgehead atoms. The highest BCUT2D eigenvalue weighted by atomic mass is 16.5. The maximum atomic E-state index is 11.8. The highest BCUT2D eigenvalue weighted by molar-refractivity contribution is 5.99. The second kappa shape index (κ2) is 5.37. The van der Waals surface area contributed by atoms with E-state index in [4.69, 9.17) is 4.74 Å². The van der Waals surface area contributed by atoms with Crippen LogP contribution in [0.5, 0.6) is 0 Å². The Labute approximate surface area is 123 Å². The van der Waals surface area contributed by atoms with E-state index in [0.29, 0.717) is 5.69 Å². The molecule has 0 N–H and O–H groups in total. The van der Waals surface area contributed by atoms with E-state index in [1.807, 2.05) is 31.2 Å². The topological polar surface area (TPSA) is 39.2 Å². The molecule has 0 aliphatic rings. The number of hydrogen-bond acceptors (Lipinski definition) is 3. The molecule has 0 radical (unpaired) electrons. The van der Waals surface area contributed by atoms with Gasteiger partial charge in [-0.3, -0.25) is 0 Å². The van der Waals surface area contributed by atoms with Crippen LogP contribution in [0.15, 0.2) is 54.6 Å². The maximum Gasteiger partial charge on any atom is 0.356 e. The van der Waals surface area contributed by atoms with Crippen molar-refractivity contribution in [3.05, 3.63) is 65.9 Å². The molecular formula is C18H15NO2. The number of aromatic nitrogens is 1. The summed E-state index contributed by atoms with van der Waals surface area (Å²) in [5.41, 5.74) is 4.36. The average Bonchev–Trinajstić information content (AvgIpc) is 2.54. The van der Waals surface area contributed by atoms with Crippen molar-refractivity contribution in [2.45, 2.75) is 6.92 Å². The van der Waals surface area contributed by atoms with Crippen molar-refractivity contribution >= 4 is 16.9 Å². The zero-order chi connectivity index (χ0) is 14.8. The molecule has 3 aromatic rings. The number of hydrogen-bond donors (Lipinski definition) is 0. The van der Waals surface area contributed by atoms with Crippen molar-refractivity contribution in [3.63, 3.8) is 0 Å². The highest BCUT2D eigenvalue weighted by Crippen LogP contribution is 2.29. The van der Waals surface area contributed by atoms with E-state index in [0.717, 1.165) is 22.0 Å². The minimum Gasteiger partial charge on any atom is -0.464 e. The van der Waals surface area contributed by atoms with E-state index in [-0.39, 0.29) is 0 Å². The van der Waals surface area contributed by atoms with Gasteiger partial charge in [-0.15, -0.1) is 0 Å². The fourth-order valence-electron chi connectivity index (χ4n) is 2.36. The molecule has 2 aromatic carbocycles. The number of esters is 1. The Hall–Kier alpha value is -2.68. The number of ether oxygens (including phenoxy) is 1. The predicted molar refractivity (Wildman–Crippen MR) is 83.3 cm³/mol. The number of benzene rings is 2. The maximum absolute atomic E-state index is 11.8. The number of pyridine rings is 1. The van der Waals surface area contributed by atoms with Gasteiger partial charge in [-0.25, -0.2) is 9.78 Å². The van der Waals surface area contributed by atoms with Crippen LogP contribution in [0.1, 0.15) is 16.1 Å². The third-order valence-corrected chi connectivity index (χ3v) is 3.47.